The van der Waals surface area contributed by atoms with Gasteiger partial charge in [-0.25, -0.2) is 0 Å². The van der Waals surface area contributed by atoms with Gasteiger partial charge in [0.1, 0.15) is 19.8 Å². The van der Waals surface area contributed by atoms with Crippen molar-refractivity contribution in [1.82, 2.24) is 0 Å². The molecular formula is C42H82NO8P. The van der Waals surface area contributed by atoms with Gasteiger partial charge in [0.05, 0.1) is 27.7 Å². The van der Waals surface area contributed by atoms with Crippen molar-refractivity contribution in [2.45, 2.75) is 200 Å². The van der Waals surface area contributed by atoms with Crippen LogP contribution in [0.25, 0.3) is 0 Å². The van der Waals surface area contributed by atoms with Gasteiger partial charge in [-0.15, -0.1) is 0 Å². The second kappa shape index (κ2) is 35.5. The SMILES string of the molecule is CCCCCCCC/C=C/CCCCCCCCCCCCCC(=O)O[C@H](COC(=O)CCCCCCCCC)COP(=O)([O-])OCC[N+](C)(C)C. The summed E-state index contributed by atoms with van der Waals surface area (Å²) in [5.41, 5.74) is 0. The first-order valence-electron chi connectivity index (χ1n) is 21.4. The zero-order chi connectivity index (χ0) is 38.6. The highest BCUT2D eigenvalue weighted by Gasteiger charge is 2.21. The number of rotatable bonds is 39. The van der Waals surface area contributed by atoms with E-state index in [4.69, 9.17) is 18.5 Å². The van der Waals surface area contributed by atoms with Crippen molar-refractivity contribution >= 4 is 19.8 Å². The van der Waals surface area contributed by atoms with Gasteiger partial charge in [-0.2, -0.15) is 0 Å². The fourth-order valence-electron chi connectivity index (χ4n) is 5.88. The lowest BCUT2D eigenvalue weighted by molar-refractivity contribution is -0.870. The average molecular weight is 760 g/mol. The Bertz CT molecular complexity index is 907. The van der Waals surface area contributed by atoms with Gasteiger partial charge < -0.3 is 27.9 Å². The zero-order valence-corrected chi connectivity index (χ0v) is 35.4. The van der Waals surface area contributed by atoms with Gasteiger partial charge in [0.15, 0.2) is 6.10 Å². The summed E-state index contributed by atoms with van der Waals surface area (Å²) in [6.07, 6.45) is 35.5. The first-order valence-corrected chi connectivity index (χ1v) is 22.9. The largest absolute Gasteiger partial charge is 0.756 e. The van der Waals surface area contributed by atoms with E-state index in [1.165, 1.54) is 122 Å². The maximum Gasteiger partial charge on any atom is 0.306 e. The molecule has 308 valence electrons. The zero-order valence-electron chi connectivity index (χ0n) is 34.5. The predicted octanol–water partition coefficient (Wildman–Crippen LogP) is 11.2. The Morgan fingerprint density at radius 2 is 0.981 bits per heavy atom. The van der Waals surface area contributed by atoms with Crippen molar-refractivity contribution < 1.29 is 42.1 Å². The molecule has 0 heterocycles. The maximum atomic E-state index is 12.6. The first-order chi connectivity index (χ1) is 25.0. The number of phosphoric acid groups is 1. The third-order valence-electron chi connectivity index (χ3n) is 9.29. The number of likely N-dealkylation sites (N-methyl/N-ethyl adjacent to an activating group) is 1. The normalized spacial score (nSPS) is 13.7. The van der Waals surface area contributed by atoms with Crippen molar-refractivity contribution in [3.8, 4) is 0 Å². The van der Waals surface area contributed by atoms with Crippen molar-refractivity contribution in [1.29, 1.82) is 0 Å². The summed E-state index contributed by atoms with van der Waals surface area (Å²) in [5, 5.41) is 0. The lowest BCUT2D eigenvalue weighted by Gasteiger charge is -2.28. The van der Waals surface area contributed by atoms with Crippen LogP contribution in [0.15, 0.2) is 12.2 Å². The van der Waals surface area contributed by atoms with Crippen molar-refractivity contribution in [3.05, 3.63) is 12.2 Å². The minimum Gasteiger partial charge on any atom is -0.756 e. The number of unbranched alkanes of at least 4 members (excludes halogenated alkanes) is 23. The fraction of sp³-hybridized carbons (Fsp3) is 0.905. The molecule has 0 saturated heterocycles. The van der Waals surface area contributed by atoms with Gasteiger partial charge in [0.2, 0.25) is 0 Å². The third kappa shape index (κ3) is 38.5. The van der Waals surface area contributed by atoms with E-state index in [-0.39, 0.29) is 32.0 Å². The van der Waals surface area contributed by atoms with Crippen LogP contribution in [0.2, 0.25) is 0 Å². The number of quaternary nitrogens is 1. The van der Waals surface area contributed by atoms with Crippen LogP contribution in [0.4, 0.5) is 0 Å². The number of carbonyl (C=O) groups is 2. The molecule has 2 atom stereocenters. The molecule has 0 aromatic heterocycles. The van der Waals surface area contributed by atoms with Gasteiger partial charge in [-0.05, 0) is 38.5 Å². The number of nitrogens with zero attached hydrogens (tertiary/aromatic N) is 1. The van der Waals surface area contributed by atoms with E-state index in [0.29, 0.717) is 17.4 Å². The Balaban J connectivity index is 4.19. The lowest BCUT2D eigenvalue weighted by atomic mass is 10.0. The summed E-state index contributed by atoms with van der Waals surface area (Å²) in [4.78, 5) is 37.3. The van der Waals surface area contributed by atoms with Gasteiger partial charge in [0.25, 0.3) is 7.82 Å². The summed E-state index contributed by atoms with van der Waals surface area (Å²) in [6.45, 7) is 4.18. The Labute approximate surface area is 320 Å². The molecular weight excluding hydrogens is 677 g/mol. The summed E-state index contributed by atoms with van der Waals surface area (Å²) in [7, 11) is 1.17. The molecule has 0 amide bonds. The highest BCUT2D eigenvalue weighted by molar-refractivity contribution is 7.45. The molecule has 1 unspecified atom stereocenters. The van der Waals surface area contributed by atoms with Crippen molar-refractivity contribution in [2.75, 3.05) is 47.5 Å². The van der Waals surface area contributed by atoms with Crippen LogP contribution in [0.5, 0.6) is 0 Å². The highest BCUT2D eigenvalue weighted by Crippen LogP contribution is 2.38. The molecule has 0 aromatic rings. The molecule has 0 saturated carbocycles. The number of allylic oxidation sites excluding steroid dienone is 2. The summed E-state index contributed by atoms with van der Waals surface area (Å²) in [5.74, 6) is -0.836. The summed E-state index contributed by atoms with van der Waals surface area (Å²) >= 11 is 0. The Hall–Kier alpha value is -1.25. The second-order valence-electron chi connectivity index (χ2n) is 15.7. The monoisotopic (exact) mass is 760 g/mol. The van der Waals surface area contributed by atoms with Crippen LogP contribution < -0.4 is 4.89 Å². The van der Waals surface area contributed by atoms with Gasteiger partial charge >= 0.3 is 11.9 Å². The molecule has 0 radical (unpaired) electrons. The topological polar surface area (TPSA) is 111 Å². The quantitative estimate of drug-likeness (QED) is 0.0200. The first kappa shape index (κ1) is 50.8. The fourth-order valence-corrected chi connectivity index (χ4v) is 6.61. The predicted molar refractivity (Wildman–Crippen MR) is 213 cm³/mol. The van der Waals surface area contributed by atoms with Gasteiger partial charge in [0, 0.05) is 12.8 Å². The molecule has 10 heteroatoms. The molecule has 0 spiro atoms. The van der Waals surface area contributed by atoms with Crippen LogP contribution in [0.3, 0.4) is 0 Å². The minimum absolute atomic E-state index is 0.0281. The third-order valence-corrected chi connectivity index (χ3v) is 10.2. The van der Waals surface area contributed by atoms with Crippen LogP contribution in [0, 0.1) is 0 Å². The lowest BCUT2D eigenvalue weighted by Crippen LogP contribution is -2.37. The Kier molecular flexibility index (Phi) is 34.6. The number of ether oxygens (including phenoxy) is 2. The molecule has 0 aliphatic carbocycles. The summed E-state index contributed by atoms with van der Waals surface area (Å²) in [6, 6.07) is 0. The van der Waals surface area contributed by atoms with Crippen LogP contribution >= 0.6 is 7.82 Å². The van der Waals surface area contributed by atoms with E-state index in [0.717, 1.165) is 38.5 Å². The molecule has 52 heavy (non-hydrogen) atoms. The Morgan fingerprint density at radius 3 is 1.42 bits per heavy atom. The average Bonchev–Trinajstić information content (AvgIpc) is 3.09. The van der Waals surface area contributed by atoms with Crippen LogP contribution in [-0.4, -0.2) is 70.0 Å². The van der Waals surface area contributed by atoms with Crippen LogP contribution in [0.1, 0.15) is 194 Å². The number of phosphoric ester groups is 1. The standard InChI is InChI=1S/C42H82NO8P/c1-6-8-10-12-14-15-16-17-18-19-20-21-22-23-24-25-26-27-29-31-33-35-42(45)51-40(39-50-52(46,47)49-37-36-43(3,4)5)38-48-41(44)34-32-30-28-13-11-9-7-2/h17-18,40H,6-16,19-39H2,1-5H3/b18-17+/t40-/m1/s1. The van der Waals surface area contributed by atoms with E-state index in [1.807, 2.05) is 21.1 Å². The van der Waals surface area contributed by atoms with Gasteiger partial charge in [-0.3, -0.25) is 14.2 Å². The summed E-state index contributed by atoms with van der Waals surface area (Å²) < 4.78 is 33.7. The molecule has 0 aliphatic heterocycles. The van der Waals surface area contributed by atoms with E-state index >= 15 is 0 Å². The number of hydrogen-bond acceptors (Lipinski definition) is 8. The van der Waals surface area contributed by atoms with Crippen LogP contribution in [-0.2, 0) is 32.7 Å². The van der Waals surface area contributed by atoms with E-state index in [1.54, 1.807) is 0 Å². The highest BCUT2D eigenvalue weighted by atomic mass is 31.2. The molecule has 9 nitrogen and oxygen atoms in total. The molecule has 0 aromatic carbocycles. The molecule has 0 aliphatic rings. The second-order valence-corrected chi connectivity index (χ2v) is 17.1. The van der Waals surface area contributed by atoms with Crippen molar-refractivity contribution in [2.24, 2.45) is 0 Å². The number of hydrogen-bond donors (Lipinski definition) is 0. The van der Waals surface area contributed by atoms with Crippen molar-refractivity contribution in [3.63, 3.8) is 0 Å². The van der Waals surface area contributed by atoms with E-state index in [9.17, 15) is 19.0 Å². The molecule has 0 bridgehead atoms. The Morgan fingerprint density at radius 1 is 0.577 bits per heavy atom. The number of esters is 2. The van der Waals surface area contributed by atoms with E-state index in [2.05, 4.69) is 26.0 Å². The molecule has 0 N–H and O–H groups in total. The van der Waals surface area contributed by atoms with E-state index < -0.39 is 26.5 Å². The van der Waals surface area contributed by atoms with Gasteiger partial charge in [-0.1, -0.05) is 154 Å². The number of carbonyl (C=O) groups excluding carboxylic acids is 2. The molecule has 0 rings (SSSR count). The maximum absolute atomic E-state index is 12.6. The molecule has 0 fully saturated rings. The minimum atomic E-state index is -4.61. The smallest absolute Gasteiger partial charge is 0.306 e.